The number of hydrogen-bond acceptors (Lipinski definition) is 2. The van der Waals surface area contributed by atoms with Gasteiger partial charge in [0, 0.05) is 35.8 Å². The molecule has 1 aromatic carbocycles. The van der Waals surface area contributed by atoms with Crippen LogP contribution in [0.3, 0.4) is 0 Å². The average molecular weight is 283 g/mol. The number of nitrogens with one attached hydrogen (secondary N) is 2. The van der Waals surface area contributed by atoms with Crippen molar-refractivity contribution < 1.29 is 9.18 Å². The van der Waals surface area contributed by atoms with Crippen molar-refractivity contribution in [2.45, 2.75) is 6.42 Å². The van der Waals surface area contributed by atoms with E-state index in [9.17, 15) is 9.18 Å². The summed E-state index contributed by atoms with van der Waals surface area (Å²) in [5.41, 5.74) is 1.89. The van der Waals surface area contributed by atoms with E-state index in [1.807, 2.05) is 18.2 Å². The molecule has 21 heavy (non-hydrogen) atoms. The summed E-state index contributed by atoms with van der Waals surface area (Å²) < 4.78 is 13.6. The molecule has 0 atom stereocenters. The largest absolute Gasteiger partial charge is 0.350 e. The van der Waals surface area contributed by atoms with Crippen molar-refractivity contribution in [1.29, 1.82) is 0 Å². The molecule has 0 saturated carbocycles. The summed E-state index contributed by atoms with van der Waals surface area (Å²) in [6.07, 6.45) is 2.37. The van der Waals surface area contributed by atoms with E-state index in [0.717, 1.165) is 5.69 Å². The van der Waals surface area contributed by atoms with Crippen LogP contribution in [0.15, 0.2) is 48.7 Å². The van der Waals surface area contributed by atoms with Gasteiger partial charge in [-0.3, -0.25) is 9.78 Å². The number of H-pyrrole nitrogens is 1. The number of halogens is 1. The number of carbonyl (C=O) groups is 1. The number of carbonyl (C=O) groups excluding carboxylic acids is 1. The van der Waals surface area contributed by atoms with E-state index in [1.54, 1.807) is 18.3 Å². The molecule has 1 amide bonds. The molecule has 0 saturated heterocycles. The Kier molecular flexibility index (Phi) is 3.64. The fourth-order valence-electron chi connectivity index (χ4n) is 2.19. The fraction of sp³-hybridized carbons (Fsp3) is 0.125. The standard InChI is InChI=1S/C16H14FN3O/c17-13-5-3-6-14-12(13)10-15(20-14)16(21)19-9-7-11-4-1-2-8-18-11/h1-6,8,10,20H,7,9H2,(H,19,21). The fourth-order valence-corrected chi connectivity index (χ4v) is 2.19. The summed E-state index contributed by atoms with van der Waals surface area (Å²) in [6.45, 7) is 0.480. The maximum absolute atomic E-state index is 13.6. The molecule has 2 N–H and O–H groups in total. The van der Waals surface area contributed by atoms with Gasteiger partial charge in [-0.2, -0.15) is 0 Å². The van der Waals surface area contributed by atoms with Crippen LogP contribution in [0.4, 0.5) is 4.39 Å². The number of benzene rings is 1. The first kappa shape index (κ1) is 13.3. The molecule has 0 aliphatic carbocycles. The lowest BCUT2D eigenvalue weighted by Gasteiger charge is -2.03. The van der Waals surface area contributed by atoms with E-state index in [4.69, 9.17) is 0 Å². The first-order chi connectivity index (χ1) is 10.2. The predicted octanol–water partition coefficient (Wildman–Crippen LogP) is 2.67. The maximum Gasteiger partial charge on any atom is 0.267 e. The zero-order chi connectivity index (χ0) is 14.7. The smallest absolute Gasteiger partial charge is 0.267 e. The molecule has 0 fully saturated rings. The Labute approximate surface area is 121 Å². The minimum atomic E-state index is -0.337. The zero-order valence-electron chi connectivity index (χ0n) is 11.3. The number of hydrogen-bond donors (Lipinski definition) is 2. The number of aromatic nitrogens is 2. The molecule has 0 bridgehead atoms. The highest BCUT2D eigenvalue weighted by molar-refractivity contribution is 5.98. The molecule has 4 nitrogen and oxygen atoms in total. The highest BCUT2D eigenvalue weighted by Crippen LogP contribution is 2.18. The van der Waals surface area contributed by atoms with Gasteiger partial charge in [0.05, 0.1) is 0 Å². The Morgan fingerprint density at radius 1 is 1.24 bits per heavy atom. The number of rotatable bonds is 4. The Hall–Kier alpha value is -2.69. The Morgan fingerprint density at radius 2 is 2.14 bits per heavy atom. The van der Waals surface area contributed by atoms with Crippen molar-refractivity contribution in [1.82, 2.24) is 15.3 Å². The van der Waals surface area contributed by atoms with Crippen molar-refractivity contribution >= 4 is 16.8 Å². The van der Waals surface area contributed by atoms with E-state index in [2.05, 4.69) is 15.3 Å². The van der Waals surface area contributed by atoms with Crippen molar-refractivity contribution in [3.63, 3.8) is 0 Å². The van der Waals surface area contributed by atoms with Gasteiger partial charge in [0.15, 0.2) is 0 Å². The van der Waals surface area contributed by atoms with Crippen LogP contribution in [0, 0.1) is 5.82 Å². The third-order valence-electron chi connectivity index (χ3n) is 3.25. The van der Waals surface area contributed by atoms with Crippen molar-refractivity contribution in [3.8, 4) is 0 Å². The zero-order valence-corrected chi connectivity index (χ0v) is 11.3. The molecule has 2 aromatic heterocycles. The molecule has 0 aliphatic rings. The molecule has 0 aliphatic heterocycles. The van der Waals surface area contributed by atoms with Crippen LogP contribution in [0.1, 0.15) is 16.2 Å². The average Bonchev–Trinajstić information content (AvgIpc) is 2.94. The maximum atomic E-state index is 13.6. The lowest BCUT2D eigenvalue weighted by Crippen LogP contribution is -2.26. The lowest BCUT2D eigenvalue weighted by atomic mass is 10.2. The quantitative estimate of drug-likeness (QED) is 0.773. The minimum absolute atomic E-state index is 0.249. The second kappa shape index (κ2) is 5.75. The van der Waals surface area contributed by atoms with Crippen molar-refractivity contribution in [3.05, 3.63) is 65.9 Å². The lowest BCUT2D eigenvalue weighted by molar-refractivity contribution is 0.0950. The van der Waals surface area contributed by atoms with Gasteiger partial charge < -0.3 is 10.3 Å². The van der Waals surface area contributed by atoms with Crippen molar-refractivity contribution in [2.75, 3.05) is 6.54 Å². The van der Waals surface area contributed by atoms with Gasteiger partial charge in [-0.25, -0.2) is 4.39 Å². The monoisotopic (exact) mass is 283 g/mol. The second-order valence-electron chi connectivity index (χ2n) is 4.71. The summed E-state index contributed by atoms with van der Waals surface area (Å²) in [7, 11) is 0. The van der Waals surface area contributed by atoms with Gasteiger partial charge in [-0.15, -0.1) is 0 Å². The first-order valence-corrected chi connectivity index (χ1v) is 6.69. The van der Waals surface area contributed by atoms with Crippen LogP contribution >= 0.6 is 0 Å². The summed E-state index contributed by atoms with van der Waals surface area (Å²) in [6, 6.07) is 11.9. The molecule has 0 unspecified atom stereocenters. The van der Waals surface area contributed by atoms with Crippen LogP contribution in [0.5, 0.6) is 0 Å². The number of aromatic amines is 1. The van der Waals surface area contributed by atoms with Gasteiger partial charge in [0.1, 0.15) is 11.5 Å². The van der Waals surface area contributed by atoms with E-state index < -0.39 is 0 Å². The van der Waals surface area contributed by atoms with Gasteiger partial charge >= 0.3 is 0 Å². The number of pyridine rings is 1. The Bertz CT molecular complexity index is 768. The Balaban J connectivity index is 1.65. The van der Waals surface area contributed by atoms with E-state index in [-0.39, 0.29) is 11.7 Å². The normalized spacial score (nSPS) is 10.7. The van der Waals surface area contributed by atoms with Crippen LogP contribution < -0.4 is 5.32 Å². The summed E-state index contributed by atoms with van der Waals surface area (Å²) in [4.78, 5) is 19.1. The van der Waals surface area contributed by atoms with Gasteiger partial charge in [0.2, 0.25) is 0 Å². The number of fused-ring (bicyclic) bond motifs is 1. The van der Waals surface area contributed by atoms with Crippen LogP contribution in [0.25, 0.3) is 10.9 Å². The SMILES string of the molecule is O=C(NCCc1ccccn1)c1cc2c(F)cccc2[nH]1. The van der Waals surface area contributed by atoms with E-state index in [0.29, 0.717) is 29.6 Å². The molecule has 3 rings (SSSR count). The van der Waals surface area contributed by atoms with E-state index >= 15 is 0 Å². The summed E-state index contributed by atoms with van der Waals surface area (Å²) >= 11 is 0. The highest BCUT2D eigenvalue weighted by atomic mass is 19.1. The van der Waals surface area contributed by atoms with Crippen molar-refractivity contribution in [2.24, 2.45) is 0 Å². The molecule has 0 radical (unpaired) electrons. The van der Waals surface area contributed by atoms with Gasteiger partial charge in [-0.05, 0) is 30.3 Å². The third kappa shape index (κ3) is 2.91. The Morgan fingerprint density at radius 3 is 2.90 bits per heavy atom. The number of nitrogens with zero attached hydrogens (tertiary/aromatic N) is 1. The summed E-state index contributed by atoms with van der Waals surface area (Å²) in [5.74, 6) is -0.585. The summed E-state index contributed by atoms with van der Waals surface area (Å²) in [5, 5.41) is 3.22. The second-order valence-corrected chi connectivity index (χ2v) is 4.71. The predicted molar refractivity (Wildman–Crippen MR) is 78.5 cm³/mol. The molecular formula is C16H14FN3O. The molecule has 0 spiro atoms. The van der Waals surface area contributed by atoms with Gasteiger partial charge in [-0.1, -0.05) is 12.1 Å². The molecular weight excluding hydrogens is 269 g/mol. The van der Waals surface area contributed by atoms with Gasteiger partial charge in [0.25, 0.3) is 5.91 Å². The van der Waals surface area contributed by atoms with Crippen LogP contribution in [-0.4, -0.2) is 22.4 Å². The number of amides is 1. The first-order valence-electron chi connectivity index (χ1n) is 6.69. The van der Waals surface area contributed by atoms with E-state index in [1.165, 1.54) is 12.1 Å². The molecule has 3 aromatic rings. The minimum Gasteiger partial charge on any atom is -0.350 e. The van der Waals surface area contributed by atoms with Crippen LogP contribution in [-0.2, 0) is 6.42 Å². The van der Waals surface area contributed by atoms with Crippen LogP contribution in [0.2, 0.25) is 0 Å². The highest BCUT2D eigenvalue weighted by Gasteiger charge is 2.11. The third-order valence-corrected chi connectivity index (χ3v) is 3.25. The molecule has 5 heteroatoms. The molecule has 2 heterocycles. The topological polar surface area (TPSA) is 57.8 Å². The molecule has 106 valence electrons.